The minimum Gasteiger partial charge on any atom is -0.379 e. The number of hydrogen-bond donors (Lipinski definition) is 2. The molecule has 11 heteroatoms. The number of hydrogen-bond acceptors (Lipinski definition) is 8. The van der Waals surface area contributed by atoms with E-state index < -0.39 is 0 Å². The van der Waals surface area contributed by atoms with Crippen molar-refractivity contribution >= 4 is 23.6 Å². The number of carbonyl (C=O) groups is 2. The normalized spacial score (nSPS) is 12.4. The fraction of sp³-hybridized carbons (Fsp3) is 0.892. The summed E-state index contributed by atoms with van der Waals surface area (Å²) in [6, 6.07) is 1.54. The molecule has 2 amide bonds. The Morgan fingerprint density at radius 3 is 1.29 bits per heavy atom. The van der Waals surface area contributed by atoms with Gasteiger partial charge in [0.25, 0.3) is 0 Å². The van der Waals surface area contributed by atoms with Crippen LogP contribution in [0.4, 0.5) is 4.79 Å². The molecular weight excluding hydrogens is 1070 g/mol. The average molecular weight is 1230 g/mol. The first-order chi connectivity index (χ1) is 38.4. The van der Waals surface area contributed by atoms with Crippen LogP contribution in [0, 0.1) is 65.1 Å². The molecule has 2 heterocycles. The third-order valence-corrected chi connectivity index (χ3v) is 13.6. The molecule has 2 rings (SSSR count). The summed E-state index contributed by atoms with van der Waals surface area (Å²) in [5.41, 5.74) is 1.09. The van der Waals surface area contributed by atoms with Crippen molar-refractivity contribution in [2.75, 3.05) is 45.6 Å². The number of Topliss-reactive ketones (excluding diaryl/α,β-unsaturated/α-hetero) is 1. The van der Waals surface area contributed by atoms with E-state index in [1.807, 2.05) is 38.6 Å². The first-order valence-corrected chi connectivity index (χ1v) is 34.7. The van der Waals surface area contributed by atoms with E-state index in [0.29, 0.717) is 29.6 Å². The molecule has 0 spiro atoms. The molecule has 1 aliphatic heterocycles. The summed E-state index contributed by atoms with van der Waals surface area (Å²) < 4.78 is 7.29. The van der Waals surface area contributed by atoms with Crippen molar-refractivity contribution in [3.05, 3.63) is 24.0 Å². The second-order valence-corrected chi connectivity index (χ2v) is 29.6. The zero-order valence-corrected chi connectivity index (χ0v) is 62.3. The Morgan fingerprint density at radius 1 is 0.576 bits per heavy atom. The van der Waals surface area contributed by atoms with E-state index in [-0.39, 0.29) is 32.8 Å². The van der Waals surface area contributed by atoms with Crippen LogP contribution in [0.3, 0.4) is 0 Å². The summed E-state index contributed by atoms with van der Waals surface area (Å²) in [6.45, 7) is 72.1. The number of nitrogens with one attached hydrogen (secondary N) is 2. The predicted molar refractivity (Wildman–Crippen MR) is 389 cm³/mol. The molecule has 1 aromatic heterocycles. The molecule has 0 bridgehead atoms. The van der Waals surface area contributed by atoms with Gasteiger partial charge in [-0.1, -0.05) is 210 Å². The summed E-state index contributed by atoms with van der Waals surface area (Å²) >= 11 is 2.06. The number of aryl methyl sites for hydroxylation is 1. The fourth-order valence-corrected chi connectivity index (χ4v) is 7.90. The summed E-state index contributed by atoms with van der Waals surface area (Å²) in [5, 5.41) is 14.1. The van der Waals surface area contributed by atoms with Crippen LogP contribution >= 0.6 is 11.8 Å². The van der Waals surface area contributed by atoms with Gasteiger partial charge in [0.05, 0.1) is 11.8 Å². The smallest absolute Gasteiger partial charge is 0.314 e. The van der Waals surface area contributed by atoms with Crippen LogP contribution in [0.1, 0.15) is 305 Å². The van der Waals surface area contributed by atoms with Gasteiger partial charge >= 0.3 is 6.03 Å². The maximum atomic E-state index is 11.3. The van der Waals surface area contributed by atoms with Gasteiger partial charge < -0.3 is 15.4 Å². The summed E-state index contributed by atoms with van der Waals surface area (Å²) in [5.74, 6) is 14.5. The number of unbranched alkanes of at least 4 members (excludes halogenated alkanes) is 3. The third kappa shape index (κ3) is 88.1. The van der Waals surface area contributed by atoms with Crippen LogP contribution in [0.25, 0.3) is 0 Å². The lowest BCUT2D eigenvalue weighted by Crippen LogP contribution is -2.50. The molecule has 10 nitrogen and oxygen atoms in total. The molecule has 1 saturated heterocycles. The lowest BCUT2D eigenvalue weighted by Gasteiger charge is -2.38. The summed E-state index contributed by atoms with van der Waals surface area (Å²) in [6.07, 6.45) is 20.3. The predicted octanol–water partition coefficient (Wildman–Crippen LogP) is 21.2. The Labute approximate surface area is 540 Å². The highest BCUT2D eigenvalue weighted by atomic mass is 32.2. The lowest BCUT2D eigenvalue weighted by atomic mass is 10.0. The average Bonchev–Trinajstić information content (AvgIpc) is 3.85. The quantitative estimate of drug-likeness (QED) is 0.0510. The van der Waals surface area contributed by atoms with Crippen LogP contribution in [0.2, 0.25) is 0 Å². The maximum absolute atomic E-state index is 11.3. The number of nitrogens with zero attached hydrogens (tertiary/aromatic N) is 5. The van der Waals surface area contributed by atoms with Crippen molar-refractivity contribution in [1.29, 1.82) is 0 Å². The van der Waals surface area contributed by atoms with Gasteiger partial charge in [-0.15, -0.1) is 16.9 Å². The van der Waals surface area contributed by atoms with Crippen LogP contribution in [-0.4, -0.2) is 112 Å². The van der Waals surface area contributed by atoms with Crippen molar-refractivity contribution in [2.24, 2.45) is 53.3 Å². The van der Waals surface area contributed by atoms with E-state index in [0.717, 1.165) is 84.5 Å². The van der Waals surface area contributed by atoms with E-state index in [9.17, 15) is 9.59 Å². The zero-order valence-electron chi connectivity index (χ0n) is 61.5. The molecule has 2 N–H and O–H groups in total. The van der Waals surface area contributed by atoms with Crippen molar-refractivity contribution in [3.8, 4) is 11.8 Å². The van der Waals surface area contributed by atoms with Crippen molar-refractivity contribution < 1.29 is 14.3 Å². The molecular formula is C74H157N7O3S. The van der Waals surface area contributed by atoms with E-state index in [1.165, 1.54) is 89.7 Å². The van der Waals surface area contributed by atoms with Gasteiger partial charge in [-0.05, 0) is 146 Å². The largest absolute Gasteiger partial charge is 0.379 e. The Hall–Kier alpha value is -2.39. The monoisotopic (exact) mass is 1220 g/mol. The number of amides is 2. The van der Waals surface area contributed by atoms with Crippen LogP contribution in [-0.2, 0) is 16.1 Å². The third-order valence-electron chi connectivity index (χ3n) is 12.5. The van der Waals surface area contributed by atoms with Gasteiger partial charge in [0, 0.05) is 94.9 Å². The molecule has 1 fully saturated rings. The fourth-order valence-electron chi connectivity index (χ4n) is 6.83. The highest BCUT2D eigenvalue weighted by Crippen LogP contribution is 2.15. The molecule has 0 atom stereocenters. The zero-order chi connectivity index (χ0) is 65.6. The lowest BCUT2D eigenvalue weighted by molar-refractivity contribution is -0.122. The number of carbonyl (C=O) groups excluding carboxylic acids is 2. The van der Waals surface area contributed by atoms with Crippen molar-refractivity contribution in [2.45, 2.75) is 335 Å². The molecule has 512 valence electrons. The Balaban J connectivity index is -0.000000134. The summed E-state index contributed by atoms with van der Waals surface area (Å²) in [7, 11) is 1.59. The van der Waals surface area contributed by atoms with E-state index >= 15 is 0 Å². The topological polar surface area (TPSA) is 105 Å². The van der Waals surface area contributed by atoms with Gasteiger partial charge in [0.2, 0.25) is 0 Å². The van der Waals surface area contributed by atoms with E-state index in [4.69, 9.17) is 4.74 Å². The van der Waals surface area contributed by atoms with Gasteiger partial charge in [0.15, 0.2) is 0 Å². The van der Waals surface area contributed by atoms with Gasteiger partial charge in [-0.3, -0.25) is 19.3 Å². The highest BCUT2D eigenvalue weighted by Gasteiger charge is 2.20. The second-order valence-electron chi connectivity index (χ2n) is 27.9. The van der Waals surface area contributed by atoms with Crippen LogP contribution < -0.4 is 10.6 Å². The molecule has 0 saturated carbocycles. The molecule has 0 aliphatic carbocycles. The molecule has 85 heavy (non-hydrogen) atoms. The molecule has 1 aliphatic rings. The van der Waals surface area contributed by atoms with Gasteiger partial charge in [-0.2, -0.15) is 11.8 Å². The highest BCUT2D eigenvalue weighted by molar-refractivity contribution is 7.99. The minimum absolute atomic E-state index is 0. The van der Waals surface area contributed by atoms with Crippen LogP contribution in [0.5, 0.6) is 0 Å². The molecule has 0 aromatic carbocycles. The summed E-state index contributed by atoms with van der Waals surface area (Å²) in [4.78, 5) is 26.8. The number of urea groups is 1. The molecule has 1 aromatic rings. The molecule has 0 unspecified atom stereocenters. The maximum Gasteiger partial charge on any atom is 0.314 e. The standard InChI is InChI=1S/C13H26O.C10H19N3.C10H22N2.C10H20.C8H18O.C8H18S.C8H14.C5H12N2O.2CH4/c1-11(2)9-7-5-6-8-10-13(14)12(3)4;1-8(2)5-6-13-7-10(9(3)4)11-12-13;1-9(2)11-5-7-12(8-6-11)10(3)4;1-9(2)7-5-6-8-10(3)4;2*1-7(2)5-6-9-8(3)4;1-7(2)5-6-8(3)4;1-4(2)7-5(8)6-3;;/h11-12H,5-10H2,1-4H3;7-9H,5-6H2,1-4H3;9-10H,5-8H2,1-4H3;5-6,9-10H,7-8H2,1-4H3;2*7-8H,5-6H2,1-4H3;7-8H,1-4H3;4H,1-3H3,(H2,6,7,8);2*1H4/b;;;6-5+;;;;;;. The Morgan fingerprint density at radius 2 is 1.00 bits per heavy atom. The Bertz CT molecular complexity index is 1530. The van der Waals surface area contributed by atoms with E-state index in [2.05, 4.69) is 247 Å². The Kier molecular flexibility index (Phi) is 76.8. The number of piperazine rings is 1. The molecule has 0 radical (unpaired) electrons. The SMILES string of the molecule is C.C.CC(C)C#CC(C)C.CC(C)C/C=C/CC(C)C.CC(C)CCCCCCC(=O)C(C)C.CC(C)CCOC(C)C.CC(C)CCSC(C)C.CC(C)CCn1cc(C(C)C)nn1.CC(C)N1CCN(C(C)C)CC1.CNC(=O)NC(C)C. The van der Waals surface area contributed by atoms with Gasteiger partial charge in [0.1, 0.15) is 5.78 Å². The first kappa shape index (κ1) is 98.8. The first-order valence-electron chi connectivity index (χ1n) is 33.7. The number of allylic oxidation sites excluding steroid dienone is 2. The van der Waals surface area contributed by atoms with Crippen LogP contribution in [0.15, 0.2) is 18.3 Å². The number of rotatable bonds is 27. The van der Waals surface area contributed by atoms with Crippen molar-refractivity contribution in [1.82, 2.24) is 35.4 Å². The second kappa shape index (κ2) is 66.0. The number of ether oxygens (including phenoxy) is 1. The number of aromatic nitrogens is 3. The van der Waals surface area contributed by atoms with E-state index in [1.54, 1.807) is 7.05 Å². The van der Waals surface area contributed by atoms with Crippen molar-refractivity contribution in [3.63, 3.8) is 0 Å². The number of thioether (sulfide) groups is 1. The number of ketones is 1. The minimum atomic E-state index is -0.125. The van der Waals surface area contributed by atoms with Gasteiger partial charge in [-0.25, -0.2) is 4.79 Å².